The fourth-order valence-electron chi connectivity index (χ4n) is 3.01. The molecule has 0 radical (unpaired) electrons. The van der Waals surface area contributed by atoms with Crippen LogP contribution in [0.15, 0.2) is 36.9 Å². The van der Waals surface area contributed by atoms with E-state index in [1.165, 1.54) is 50.5 Å². The lowest BCUT2D eigenvalue weighted by molar-refractivity contribution is -0.0398. The molecule has 0 saturated heterocycles. The van der Waals surface area contributed by atoms with E-state index in [4.69, 9.17) is 18.8 Å². The highest BCUT2D eigenvalue weighted by atomic mass is 32.3. The van der Waals surface area contributed by atoms with Crippen LogP contribution in [0.1, 0.15) is 57.4 Å². The SMILES string of the molecule is C=CCOCC(COc1ccc(CCCCCCCCC)cc1)OCCOS(=O)(=O)O. The van der Waals surface area contributed by atoms with E-state index in [1.54, 1.807) is 6.08 Å². The first-order chi connectivity index (χ1) is 14.9. The van der Waals surface area contributed by atoms with Gasteiger partial charge in [-0.25, -0.2) is 4.18 Å². The Bertz CT molecular complexity index is 674. The van der Waals surface area contributed by atoms with Gasteiger partial charge in [0.05, 0.1) is 26.4 Å². The molecule has 1 aromatic carbocycles. The van der Waals surface area contributed by atoms with Crippen LogP contribution in [0.3, 0.4) is 0 Å². The lowest BCUT2D eigenvalue weighted by Gasteiger charge is -2.18. The second kappa shape index (κ2) is 17.1. The number of rotatable bonds is 20. The smallest absolute Gasteiger partial charge is 0.397 e. The molecule has 0 aliphatic carbocycles. The van der Waals surface area contributed by atoms with Crippen molar-refractivity contribution in [2.75, 3.05) is 33.0 Å². The molecule has 8 heteroatoms. The molecule has 0 fully saturated rings. The molecule has 0 spiro atoms. The molecule has 0 saturated carbocycles. The summed E-state index contributed by atoms with van der Waals surface area (Å²) in [6.45, 7) is 6.38. The topological polar surface area (TPSA) is 91.3 Å². The normalized spacial score (nSPS) is 12.6. The van der Waals surface area contributed by atoms with Gasteiger partial charge >= 0.3 is 10.4 Å². The Hall–Kier alpha value is -1.45. The molecule has 1 aromatic rings. The standard InChI is InChI=1S/C23H38O7S/c1-3-5-6-7-8-9-10-11-21-12-14-22(15-13-21)29-20-23(19-27-16-4-2)28-17-18-30-31(24,25)26/h4,12-15,23H,2-3,5-11,16-20H2,1H3,(H,24,25,26). The molecule has 0 heterocycles. The zero-order valence-electron chi connectivity index (χ0n) is 18.7. The van der Waals surface area contributed by atoms with Gasteiger partial charge in [0.2, 0.25) is 0 Å². The quantitative estimate of drug-likeness (QED) is 0.171. The minimum Gasteiger partial charge on any atom is -0.491 e. The molecule has 1 atom stereocenters. The van der Waals surface area contributed by atoms with Crippen LogP contribution in [-0.2, 0) is 30.5 Å². The summed E-state index contributed by atoms with van der Waals surface area (Å²) in [5.74, 6) is 0.731. The Balaban J connectivity index is 2.33. The number of aryl methyl sites for hydroxylation is 1. The first-order valence-corrected chi connectivity index (χ1v) is 12.4. The van der Waals surface area contributed by atoms with Crippen molar-refractivity contribution in [3.8, 4) is 5.75 Å². The summed E-state index contributed by atoms with van der Waals surface area (Å²) in [4.78, 5) is 0. The molecule has 0 aromatic heterocycles. The van der Waals surface area contributed by atoms with E-state index in [0.717, 1.165) is 12.2 Å². The number of hydrogen-bond donors (Lipinski definition) is 1. The largest absolute Gasteiger partial charge is 0.491 e. The Morgan fingerprint density at radius 1 is 1.00 bits per heavy atom. The van der Waals surface area contributed by atoms with Gasteiger partial charge in [-0.1, -0.05) is 63.7 Å². The number of benzene rings is 1. The van der Waals surface area contributed by atoms with E-state index in [9.17, 15) is 8.42 Å². The highest BCUT2D eigenvalue weighted by Crippen LogP contribution is 2.16. The minimum atomic E-state index is -4.47. The Kier molecular flexibility index (Phi) is 15.3. The van der Waals surface area contributed by atoms with Crippen molar-refractivity contribution in [1.29, 1.82) is 0 Å². The fraction of sp³-hybridized carbons (Fsp3) is 0.652. The highest BCUT2D eigenvalue weighted by Gasteiger charge is 2.12. The maximum absolute atomic E-state index is 10.6. The summed E-state index contributed by atoms with van der Waals surface area (Å²) in [5.41, 5.74) is 1.30. The zero-order chi connectivity index (χ0) is 22.8. The molecule has 1 unspecified atom stereocenters. The molecule has 31 heavy (non-hydrogen) atoms. The van der Waals surface area contributed by atoms with Crippen molar-refractivity contribution in [2.24, 2.45) is 0 Å². The lowest BCUT2D eigenvalue weighted by Crippen LogP contribution is -2.29. The summed E-state index contributed by atoms with van der Waals surface area (Å²) >= 11 is 0. The van der Waals surface area contributed by atoms with Crippen LogP contribution in [0.25, 0.3) is 0 Å². The third kappa shape index (κ3) is 15.9. The van der Waals surface area contributed by atoms with E-state index < -0.39 is 16.5 Å². The van der Waals surface area contributed by atoms with Crippen LogP contribution < -0.4 is 4.74 Å². The average Bonchev–Trinajstić information content (AvgIpc) is 2.74. The van der Waals surface area contributed by atoms with Crippen LogP contribution in [0, 0.1) is 0 Å². The summed E-state index contributed by atoms with van der Waals surface area (Å²) < 4.78 is 50.7. The maximum Gasteiger partial charge on any atom is 0.397 e. The molecule has 178 valence electrons. The molecule has 0 amide bonds. The molecule has 1 N–H and O–H groups in total. The van der Waals surface area contributed by atoms with Crippen LogP contribution in [-0.4, -0.2) is 52.1 Å². The van der Waals surface area contributed by atoms with Gasteiger partial charge in [0.25, 0.3) is 0 Å². The van der Waals surface area contributed by atoms with Gasteiger partial charge in [0.15, 0.2) is 0 Å². The van der Waals surface area contributed by atoms with Crippen molar-refractivity contribution in [1.82, 2.24) is 0 Å². The third-order valence-electron chi connectivity index (χ3n) is 4.64. The molecule has 0 aliphatic heterocycles. The number of hydrogen-bond acceptors (Lipinski definition) is 6. The minimum absolute atomic E-state index is 0.0252. The Morgan fingerprint density at radius 3 is 2.32 bits per heavy atom. The summed E-state index contributed by atoms with van der Waals surface area (Å²) in [5, 5.41) is 0. The summed E-state index contributed by atoms with van der Waals surface area (Å²) in [6, 6.07) is 8.05. The van der Waals surface area contributed by atoms with E-state index in [-0.39, 0.29) is 26.4 Å². The van der Waals surface area contributed by atoms with E-state index in [1.807, 2.05) is 12.1 Å². The first kappa shape index (κ1) is 27.6. The molecule has 1 rings (SSSR count). The molecule has 7 nitrogen and oxygen atoms in total. The predicted octanol–water partition coefficient (Wildman–Crippen LogP) is 4.77. The summed E-state index contributed by atoms with van der Waals surface area (Å²) in [7, 11) is -4.47. The van der Waals surface area contributed by atoms with Gasteiger partial charge in [-0.15, -0.1) is 6.58 Å². The molecule has 0 aliphatic rings. The number of unbranched alkanes of at least 4 members (excludes halogenated alkanes) is 6. The lowest BCUT2D eigenvalue weighted by atomic mass is 10.0. The monoisotopic (exact) mass is 458 g/mol. The second-order valence-electron chi connectivity index (χ2n) is 7.39. The number of ether oxygens (including phenoxy) is 3. The average molecular weight is 459 g/mol. The maximum atomic E-state index is 10.6. The van der Waals surface area contributed by atoms with Gasteiger partial charge in [-0.3, -0.25) is 4.55 Å². The Labute approximate surface area is 187 Å². The zero-order valence-corrected chi connectivity index (χ0v) is 19.5. The highest BCUT2D eigenvalue weighted by molar-refractivity contribution is 7.80. The van der Waals surface area contributed by atoms with Crippen LogP contribution in [0.5, 0.6) is 5.75 Å². The second-order valence-corrected chi connectivity index (χ2v) is 8.49. The van der Waals surface area contributed by atoms with Crippen LogP contribution in [0.2, 0.25) is 0 Å². The fourth-order valence-corrected chi connectivity index (χ4v) is 3.29. The van der Waals surface area contributed by atoms with Crippen molar-refractivity contribution in [3.05, 3.63) is 42.5 Å². The van der Waals surface area contributed by atoms with Crippen molar-refractivity contribution in [2.45, 2.75) is 64.4 Å². The van der Waals surface area contributed by atoms with Crippen molar-refractivity contribution < 1.29 is 31.4 Å². The van der Waals surface area contributed by atoms with Gasteiger partial charge in [-0.2, -0.15) is 8.42 Å². The van der Waals surface area contributed by atoms with E-state index >= 15 is 0 Å². The molecule has 0 bridgehead atoms. The van der Waals surface area contributed by atoms with E-state index in [2.05, 4.69) is 29.8 Å². The molecular formula is C23H38O7S. The first-order valence-electron chi connectivity index (χ1n) is 11.1. The van der Waals surface area contributed by atoms with Gasteiger partial charge < -0.3 is 14.2 Å². The van der Waals surface area contributed by atoms with Gasteiger partial charge in [0, 0.05) is 0 Å². The predicted molar refractivity (Wildman–Crippen MR) is 122 cm³/mol. The van der Waals surface area contributed by atoms with E-state index in [0.29, 0.717) is 6.61 Å². The third-order valence-corrected chi connectivity index (χ3v) is 5.10. The molecular weight excluding hydrogens is 420 g/mol. The Morgan fingerprint density at radius 2 is 1.68 bits per heavy atom. The van der Waals surface area contributed by atoms with Crippen LogP contribution >= 0.6 is 0 Å². The van der Waals surface area contributed by atoms with Gasteiger partial charge in [-0.05, 0) is 30.5 Å². The summed E-state index contributed by atoms with van der Waals surface area (Å²) in [6.07, 6.45) is 11.4. The van der Waals surface area contributed by atoms with Crippen LogP contribution in [0.4, 0.5) is 0 Å². The van der Waals surface area contributed by atoms with Gasteiger partial charge in [0.1, 0.15) is 18.5 Å². The van der Waals surface area contributed by atoms with Crippen molar-refractivity contribution >= 4 is 10.4 Å². The van der Waals surface area contributed by atoms with Crippen molar-refractivity contribution in [3.63, 3.8) is 0 Å².